The molecule has 0 bridgehead atoms. The minimum atomic E-state index is -0.748. The molecule has 96 valence electrons. The summed E-state index contributed by atoms with van der Waals surface area (Å²) in [6, 6.07) is 7.70. The van der Waals surface area contributed by atoms with Crippen molar-refractivity contribution in [3.05, 3.63) is 29.8 Å². The zero-order valence-electron chi connectivity index (χ0n) is 11.2. The number of hydrogen-bond donors (Lipinski definition) is 1. The highest BCUT2D eigenvalue weighted by Crippen LogP contribution is 2.29. The van der Waals surface area contributed by atoms with Crippen LogP contribution in [0.2, 0.25) is 0 Å². The minimum absolute atomic E-state index is 0.748. The number of rotatable bonds is 7. The van der Waals surface area contributed by atoms with Crippen molar-refractivity contribution in [1.29, 1.82) is 0 Å². The minimum Gasteiger partial charge on any atom is -0.497 e. The normalized spacial score (nSPS) is 14.4. The molecule has 0 radical (unpaired) electrons. The van der Waals surface area contributed by atoms with Gasteiger partial charge in [-0.3, -0.25) is 0 Å². The molecule has 2 heteroatoms. The molecule has 1 atom stereocenters. The predicted octanol–water partition coefficient (Wildman–Crippen LogP) is 3.87. The van der Waals surface area contributed by atoms with E-state index in [-0.39, 0.29) is 0 Å². The van der Waals surface area contributed by atoms with Crippen LogP contribution in [0.1, 0.15) is 51.5 Å². The third kappa shape index (κ3) is 4.39. The monoisotopic (exact) mass is 236 g/mol. The van der Waals surface area contributed by atoms with Gasteiger partial charge in [-0.2, -0.15) is 0 Å². The van der Waals surface area contributed by atoms with E-state index in [2.05, 4.69) is 6.92 Å². The summed E-state index contributed by atoms with van der Waals surface area (Å²) in [5, 5.41) is 10.4. The van der Waals surface area contributed by atoms with Crippen LogP contribution in [0.15, 0.2) is 24.3 Å². The molecule has 2 nitrogen and oxygen atoms in total. The number of ether oxygens (including phenoxy) is 1. The summed E-state index contributed by atoms with van der Waals surface area (Å²) in [5.41, 5.74) is 0.191. The van der Waals surface area contributed by atoms with Gasteiger partial charge in [0.25, 0.3) is 0 Å². The Balaban J connectivity index is 2.61. The quantitative estimate of drug-likeness (QED) is 0.728. The predicted molar refractivity (Wildman–Crippen MR) is 71.3 cm³/mol. The summed E-state index contributed by atoms with van der Waals surface area (Å²) < 4.78 is 5.18. The fourth-order valence-corrected chi connectivity index (χ4v) is 2.00. The number of benzene rings is 1. The van der Waals surface area contributed by atoms with Crippen LogP contribution in [-0.2, 0) is 5.60 Å². The Bertz CT molecular complexity index is 331. The highest BCUT2D eigenvalue weighted by atomic mass is 16.5. The molecule has 1 rings (SSSR count). The molecule has 1 aromatic carbocycles. The first-order valence-electron chi connectivity index (χ1n) is 6.47. The van der Waals surface area contributed by atoms with Crippen molar-refractivity contribution in [2.75, 3.05) is 7.11 Å². The van der Waals surface area contributed by atoms with Crippen LogP contribution in [0.3, 0.4) is 0 Å². The van der Waals surface area contributed by atoms with Crippen LogP contribution in [0.4, 0.5) is 0 Å². The molecule has 0 aliphatic heterocycles. The molecule has 0 amide bonds. The average molecular weight is 236 g/mol. The van der Waals surface area contributed by atoms with Gasteiger partial charge in [-0.15, -0.1) is 0 Å². The van der Waals surface area contributed by atoms with E-state index in [0.29, 0.717) is 0 Å². The standard InChI is InChI=1S/C15H24O2/c1-4-5-6-7-11-15(2,16)13-9-8-10-14(12-13)17-3/h8-10,12,16H,4-7,11H2,1-3H3. The Labute approximate surface area is 105 Å². The zero-order chi connectivity index (χ0) is 12.7. The summed E-state index contributed by atoms with van der Waals surface area (Å²) >= 11 is 0. The van der Waals surface area contributed by atoms with Crippen LogP contribution in [-0.4, -0.2) is 12.2 Å². The van der Waals surface area contributed by atoms with Gasteiger partial charge in [0, 0.05) is 0 Å². The molecular weight excluding hydrogens is 212 g/mol. The first-order valence-corrected chi connectivity index (χ1v) is 6.47. The van der Waals surface area contributed by atoms with Crippen molar-refractivity contribution in [2.45, 2.75) is 51.6 Å². The lowest BCUT2D eigenvalue weighted by molar-refractivity contribution is 0.0446. The zero-order valence-corrected chi connectivity index (χ0v) is 11.2. The molecule has 1 N–H and O–H groups in total. The third-order valence-corrected chi connectivity index (χ3v) is 3.21. The number of methoxy groups -OCH3 is 1. The van der Waals surface area contributed by atoms with E-state index in [1.165, 1.54) is 19.3 Å². The second-order valence-electron chi connectivity index (χ2n) is 4.82. The summed E-state index contributed by atoms with van der Waals surface area (Å²) in [6.45, 7) is 4.08. The average Bonchev–Trinajstić information content (AvgIpc) is 2.35. The van der Waals surface area contributed by atoms with Gasteiger partial charge in [-0.25, -0.2) is 0 Å². The SMILES string of the molecule is CCCCCCC(C)(O)c1cccc(OC)c1. The van der Waals surface area contributed by atoms with Gasteiger partial charge in [0.1, 0.15) is 5.75 Å². The van der Waals surface area contributed by atoms with E-state index in [1.807, 2.05) is 31.2 Å². The van der Waals surface area contributed by atoms with Gasteiger partial charge in [-0.1, -0.05) is 44.7 Å². The first kappa shape index (κ1) is 14.0. The maximum absolute atomic E-state index is 10.4. The fourth-order valence-electron chi connectivity index (χ4n) is 2.00. The van der Waals surface area contributed by atoms with Crippen molar-refractivity contribution in [2.24, 2.45) is 0 Å². The van der Waals surface area contributed by atoms with Crippen LogP contribution in [0, 0.1) is 0 Å². The molecule has 1 unspecified atom stereocenters. The molecule has 17 heavy (non-hydrogen) atoms. The van der Waals surface area contributed by atoms with E-state index in [9.17, 15) is 5.11 Å². The lowest BCUT2D eigenvalue weighted by atomic mass is 9.90. The van der Waals surface area contributed by atoms with Crippen molar-refractivity contribution in [3.63, 3.8) is 0 Å². The lowest BCUT2D eigenvalue weighted by Gasteiger charge is -2.24. The number of aliphatic hydroxyl groups is 1. The first-order chi connectivity index (χ1) is 8.10. The van der Waals surface area contributed by atoms with Gasteiger partial charge >= 0.3 is 0 Å². The number of hydrogen-bond acceptors (Lipinski definition) is 2. The molecule has 0 saturated heterocycles. The van der Waals surface area contributed by atoms with Gasteiger partial charge in [0.05, 0.1) is 12.7 Å². The maximum atomic E-state index is 10.4. The van der Waals surface area contributed by atoms with E-state index in [1.54, 1.807) is 7.11 Å². The summed E-state index contributed by atoms with van der Waals surface area (Å²) in [6.07, 6.45) is 5.53. The molecule has 0 heterocycles. The van der Waals surface area contributed by atoms with Crippen LogP contribution >= 0.6 is 0 Å². The molecule has 1 aromatic rings. The molecule has 0 aliphatic carbocycles. The highest BCUT2D eigenvalue weighted by Gasteiger charge is 2.22. The van der Waals surface area contributed by atoms with E-state index in [0.717, 1.165) is 24.2 Å². The Morgan fingerprint density at radius 3 is 2.65 bits per heavy atom. The van der Waals surface area contributed by atoms with E-state index in [4.69, 9.17) is 4.74 Å². The Morgan fingerprint density at radius 2 is 2.00 bits per heavy atom. The molecular formula is C15H24O2. The molecule has 0 aromatic heterocycles. The van der Waals surface area contributed by atoms with Crippen molar-refractivity contribution in [3.8, 4) is 5.75 Å². The van der Waals surface area contributed by atoms with Crippen molar-refractivity contribution < 1.29 is 9.84 Å². The molecule has 0 fully saturated rings. The van der Waals surface area contributed by atoms with Crippen LogP contribution in [0.25, 0.3) is 0 Å². The van der Waals surface area contributed by atoms with Gasteiger partial charge < -0.3 is 9.84 Å². The Hall–Kier alpha value is -1.02. The van der Waals surface area contributed by atoms with E-state index < -0.39 is 5.60 Å². The van der Waals surface area contributed by atoms with Crippen molar-refractivity contribution in [1.82, 2.24) is 0 Å². The van der Waals surface area contributed by atoms with Gasteiger partial charge in [-0.05, 0) is 31.0 Å². The van der Waals surface area contributed by atoms with Crippen LogP contribution < -0.4 is 4.74 Å². The smallest absolute Gasteiger partial charge is 0.119 e. The van der Waals surface area contributed by atoms with Gasteiger partial charge in [0.15, 0.2) is 0 Å². The van der Waals surface area contributed by atoms with E-state index >= 15 is 0 Å². The lowest BCUT2D eigenvalue weighted by Crippen LogP contribution is -2.20. The molecule has 0 saturated carbocycles. The Kier molecular flexibility index (Phi) is 5.49. The fraction of sp³-hybridized carbons (Fsp3) is 0.600. The summed E-state index contributed by atoms with van der Waals surface area (Å²) in [5.74, 6) is 0.802. The maximum Gasteiger partial charge on any atom is 0.119 e. The molecule has 0 spiro atoms. The van der Waals surface area contributed by atoms with Crippen molar-refractivity contribution >= 4 is 0 Å². The summed E-state index contributed by atoms with van der Waals surface area (Å²) in [7, 11) is 1.65. The second kappa shape index (κ2) is 6.65. The van der Waals surface area contributed by atoms with Gasteiger partial charge in [0.2, 0.25) is 0 Å². The Morgan fingerprint density at radius 1 is 1.24 bits per heavy atom. The van der Waals surface area contributed by atoms with Crippen LogP contribution in [0.5, 0.6) is 5.75 Å². The topological polar surface area (TPSA) is 29.5 Å². The highest BCUT2D eigenvalue weighted by molar-refractivity contribution is 5.31. The number of unbranched alkanes of at least 4 members (excludes halogenated alkanes) is 3. The molecule has 0 aliphatic rings. The second-order valence-corrected chi connectivity index (χ2v) is 4.82. The summed E-state index contributed by atoms with van der Waals surface area (Å²) in [4.78, 5) is 0. The largest absolute Gasteiger partial charge is 0.497 e. The third-order valence-electron chi connectivity index (χ3n) is 3.21.